The number of fused-ring (bicyclic) bond motifs is 1. The molecule has 1 aromatic rings. The Morgan fingerprint density at radius 2 is 1.94 bits per heavy atom. The topological polar surface area (TPSA) is 29.3 Å². The molecular weight excluding hydrogens is 196 g/mol. The molecule has 0 amide bonds. The van der Waals surface area contributed by atoms with Crippen LogP contribution >= 0.6 is 0 Å². The van der Waals surface area contributed by atoms with Crippen LogP contribution in [0.3, 0.4) is 0 Å². The highest BCUT2D eigenvalue weighted by Crippen LogP contribution is 2.19. The van der Waals surface area contributed by atoms with Gasteiger partial charge in [-0.3, -0.25) is 4.90 Å². The second-order valence-electron chi connectivity index (χ2n) is 5.09. The van der Waals surface area contributed by atoms with E-state index in [1.165, 1.54) is 24.1 Å². The third-order valence-corrected chi connectivity index (χ3v) is 3.65. The molecule has 0 aliphatic carbocycles. The van der Waals surface area contributed by atoms with E-state index in [0.29, 0.717) is 5.92 Å². The first-order valence-corrected chi connectivity index (χ1v) is 6.21. The fourth-order valence-corrected chi connectivity index (χ4v) is 2.28. The third kappa shape index (κ3) is 2.63. The van der Waals surface area contributed by atoms with Crippen LogP contribution in [0.1, 0.15) is 25.0 Å². The predicted octanol–water partition coefficient (Wildman–Crippen LogP) is 2.03. The number of nitrogens with two attached hydrogens (primary N) is 1. The van der Waals surface area contributed by atoms with Crippen molar-refractivity contribution in [1.29, 1.82) is 0 Å². The first-order valence-electron chi connectivity index (χ1n) is 6.21. The van der Waals surface area contributed by atoms with E-state index < -0.39 is 0 Å². The number of hydrogen-bond acceptors (Lipinski definition) is 2. The second-order valence-corrected chi connectivity index (χ2v) is 5.09. The summed E-state index contributed by atoms with van der Waals surface area (Å²) in [5.41, 5.74) is 8.93. The zero-order valence-electron chi connectivity index (χ0n) is 10.3. The van der Waals surface area contributed by atoms with E-state index in [1.807, 2.05) is 0 Å². The summed E-state index contributed by atoms with van der Waals surface area (Å²) in [6.07, 6.45) is 1.18. The molecule has 1 heterocycles. The molecule has 2 rings (SSSR count). The van der Waals surface area contributed by atoms with Crippen LogP contribution in [-0.2, 0) is 13.0 Å². The molecule has 2 N–H and O–H groups in total. The normalized spacial score (nSPS) is 20.2. The van der Waals surface area contributed by atoms with Crippen LogP contribution in [0.5, 0.6) is 0 Å². The minimum atomic E-state index is 0.289. The van der Waals surface area contributed by atoms with Crippen molar-refractivity contribution < 1.29 is 0 Å². The van der Waals surface area contributed by atoms with Gasteiger partial charge in [0.05, 0.1) is 0 Å². The molecule has 2 atom stereocenters. The summed E-state index contributed by atoms with van der Waals surface area (Å²) in [5.74, 6) is 0.574. The molecule has 0 radical (unpaired) electrons. The average Bonchev–Trinajstić information content (AvgIpc) is 2.28. The van der Waals surface area contributed by atoms with Crippen molar-refractivity contribution in [1.82, 2.24) is 4.90 Å². The van der Waals surface area contributed by atoms with Crippen molar-refractivity contribution in [3.8, 4) is 0 Å². The molecule has 0 saturated carbocycles. The molecule has 1 aromatic carbocycles. The molecule has 2 unspecified atom stereocenters. The van der Waals surface area contributed by atoms with E-state index in [9.17, 15) is 0 Å². The van der Waals surface area contributed by atoms with Crippen molar-refractivity contribution in [2.24, 2.45) is 11.7 Å². The van der Waals surface area contributed by atoms with Crippen molar-refractivity contribution in [3.05, 3.63) is 35.4 Å². The van der Waals surface area contributed by atoms with Gasteiger partial charge in [0.2, 0.25) is 0 Å². The molecule has 0 saturated heterocycles. The maximum Gasteiger partial charge on any atom is 0.0236 e. The maximum absolute atomic E-state index is 5.92. The van der Waals surface area contributed by atoms with E-state index in [1.54, 1.807) is 0 Å². The van der Waals surface area contributed by atoms with E-state index in [-0.39, 0.29) is 6.04 Å². The summed E-state index contributed by atoms with van der Waals surface area (Å²) < 4.78 is 0. The average molecular weight is 218 g/mol. The molecular formula is C14H22N2. The van der Waals surface area contributed by atoms with Gasteiger partial charge in [-0.25, -0.2) is 0 Å². The molecule has 0 spiro atoms. The molecule has 2 nitrogen and oxygen atoms in total. The minimum absolute atomic E-state index is 0.289. The van der Waals surface area contributed by atoms with Crippen LogP contribution in [0.4, 0.5) is 0 Å². The molecule has 0 bridgehead atoms. The summed E-state index contributed by atoms with van der Waals surface area (Å²) in [7, 11) is 0. The Morgan fingerprint density at radius 3 is 2.62 bits per heavy atom. The Balaban J connectivity index is 1.98. The molecule has 0 aromatic heterocycles. The monoisotopic (exact) mass is 218 g/mol. The first kappa shape index (κ1) is 11.6. The highest BCUT2D eigenvalue weighted by molar-refractivity contribution is 5.29. The van der Waals surface area contributed by atoms with Gasteiger partial charge in [0.25, 0.3) is 0 Å². The van der Waals surface area contributed by atoms with Gasteiger partial charge in [-0.15, -0.1) is 0 Å². The van der Waals surface area contributed by atoms with E-state index >= 15 is 0 Å². The van der Waals surface area contributed by atoms with Gasteiger partial charge in [0, 0.05) is 25.7 Å². The summed E-state index contributed by atoms with van der Waals surface area (Å²) in [6, 6.07) is 9.06. The minimum Gasteiger partial charge on any atom is -0.328 e. The van der Waals surface area contributed by atoms with Gasteiger partial charge in [-0.2, -0.15) is 0 Å². The summed E-state index contributed by atoms with van der Waals surface area (Å²) in [4.78, 5) is 2.52. The fourth-order valence-electron chi connectivity index (χ4n) is 2.28. The standard InChI is InChI=1S/C14H22N2/c1-11(12(2)15)9-16-8-7-13-5-3-4-6-14(13)10-16/h3-6,11-12H,7-10,15H2,1-2H3. The van der Waals surface area contributed by atoms with E-state index in [0.717, 1.165) is 13.1 Å². The molecule has 1 aliphatic heterocycles. The van der Waals surface area contributed by atoms with Crippen molar-refractivity contribution in [2.45, 2.75) is 32.9 Å². The Bertz CT molecular complexity index is 346. The van der Waals surface area contributed by atoms with Crippen LogP contribution in [0.2, 0.25) is 0 Å². The third-order valence-electron chi connectivity index (χ3n) is 3.65. The van der Waals surface area contributed by atoms with Crippen LogP contribution in [0.15, 0.2) is 24.3 Å². The summed E-state index contributed by atoms with van der Waals surface area (Å²) in [6.45, 7) is 7.72. The second kappa shape index (κ2) is 4.98. The van der Waals surface area contributed by atoms with Crippen LogP contribution in [0.25, 0.3) is 0 Å². The lowest BCUT2D eigenvalue weighted by Crippen LogP contribution is -2.38. The van der Waals surface area contributed by atoms with Crippen molar-refractivity contribution in [2.75, 3.05) is 13.1 Å². The summed E-state index contributed by atoms with van der Waals surface area (Å²) in [5, 5.41) is 0. The van der Waals surface area contributed by atoms with Gasteiger partial charge in [-0.1, -0.05) is 31.2 Å². The molecule has 0 fully saturated rings. The van der Waals surface area contributed by atoms with Gasteiger partial charge in [-0.05, 0) is 30.4 Å². The van der Waals surface area contributed by atoms with Crippen molar-refractivity contribution in [3.63, 3.8) is 0 Å². The number of hydrogen-bond donors (Lipinski definition) is 1. The number of rotatable bonds is 3. The highest BCUT2D eigenvalue weighted by Gasteiger charge is 2.18. The first-order chi connectivity index (χ1) is 7.66. The Morgan fingerprint density at radius 1 is 1.25 bits per heavy atom. The molecule has 88 valence electrons. The lowest BCUT2D eigenvalue weighted by molar-refractivity contribution is 0.209. The van der Waals surface area contributed by atoms with Crippen molar-refractivity contribution >= 4 is 0 Å². The summed E-state index contributed by atoms with van der Waals surface area (Å²) >= 11 is 0. The van der Waals surface area contributed by atoms with Gasteiger partial charge in [0.1, 0.15) is 0 Å². The maximum atomic E-state index is 5.92. The van der Waals surface area contributed by atoms with Gasteiger partial charge < -0.3 is 5.73 Å². The highest BCUT2D eigenvalue weighted by atomic mass is 15.1. The molecule has 2 heteroatoms. The van der Waals surface area contributed by atoms with Crippen LogP contribution < -0.4 is 5.73 Å². The quantitative estimate of drug-likeness (QED) is 0.841. The largest absolute Gasteiger partial charge is 0.328 e. The zero-order valence-corrected chi connectivity index (χ0v) is 10.3. The Kier molecular flexibility index (Phi) is 3.62. The smallest absolute Gasteiger partial charge is 0.0236 e. The predicted molar refractivity (Wildman–Crippen MR) is 68.2 cm³/mol. The van der Waals surface area contributed by atoms with Gasteiger partial charge >= 0.3 is 0 Å². The number of nitrogens with zero attached hydrogens (tertiary/aromatic N) is 1. The van der Waals surface area contributed by atoms with Gasteiger partial charge in [0.15, 0.2) is 0 Å². The fraction of sp³-hybridized carbons (Fsp3) is 0.571. The van der Waals surface area contributed by atoms with E-state index in [4.69, 9.17) is 5.73 Å². The zero-order chi connectivity index (χ0) is 11.5. The number of benzene rings is 1. The Labute approximate surface area is 98.4 Å². The van der Waals surface area contributed by atoms with E-state index in [2.05, 4.69) is 43.0 Å². The lowest BCUT2D eigenvalue weighted by atomic mass is 9.97. The lowest BCUT2D eigenvalue weighted by Gasteiger charge is -2.31. The SMILES string of the molecule is CC(N)C(C)CN1CCc2ccccc2C1. The van der Waals surface area contributed by atoms with Crippen LogP contribution in [-0.4, -0.2) is 24.0 Å². The molecule has 16 heavy (non-hydrogen) atoms. The molecule has 1 aliphatic rings. The van der Waals surface area contributed by atoms with Crippen LogP contribution in [0, 0.1) is 5.92 Å². The Hall–Kier alpha value is -0.860.